The number of nitrogens with one attached hydrogen (secondary N) is 1. The summed E-state index contributed by atoms with van der Waals surface area (Å²) in [5, 5.41) is 0. The van der Waals surface area contributed by atoms with Gasteiger partial charge >= 0.3 is 6.18 Å². The van der Waals surface area contributed by atoms with Crippen LogP contribution < -0.4 is 4.72 Å². The second kappa shape index (κ2) is 7.35. The Labute approximate surface area is 149 Å². The molecule has 0 spiro atoms. The van der Waals surface area contributed by atoms with Gasteiger partial charge in [-0.3, -0.25) is 4.98 Å². The van der Waals surface area contributed by atoms with Gasteiger partial charge in [-0.15, -0.1) is 4.72 Å². The predicted octanol–water partition coefficient (Wildman–Crippen LogP) is 4.88. The number of rotatable bonds is 4. The van der Waals surface area contributed by atoms with Gasteiger partial charge in [-0.25, -0.2) is 0 Å². The zero-order valence-corrected chi connectivity index (χ0v) is 15.3. The van der Waals surface area contributed by atoms with Crippen molar-refractivity contribution >= 4 is 11.4 Å². The van der Waals surface area contributed by atoms with Gasteiger partial charge in [-0.2, -0.15) is 13.2 Å². The van der Waals surface area contributed by atoms with Crippen molar-refractivity contribution in [3.05, 3.63) is 53.9 Å². The molecule has 7 heteroatoms. The molecule has 1 unspecified atom stereocenters. The standard InChI is InChI=1S/C18H21F3N2OS/c1-12(23-25(24)17(2,3)4)16-10-7-14(11-22-16)13-5-8-15(9-6-13)18(19,20)21/h5-12,23H,1-4H3/t12?,25-/m0/s1. The van der Waals surface area contributed by atoms with Crippen LogP contribution in [-0.4, -0.2) is 14.3 Å². The number of pyridine rings is 1. The van der Waals surface area contributed by atoms with Crippen molar-refractivity contribution < 1.29 is 17.7 Å². The SMILES string of the molecule is CC(N[S@@+]([O-])C(C)(C)C)c1ccc(-c2ccc(C(F)(F)F)cc2)cn1. The summed E-state index contributed by atoms with van der Waals surface area (Å²) >= 11 is -1.22. The lowest BCUT2D eigenvalue weighted by Crippen LogP contribution is -2.40. The molecule has 0 saturated heterocycles. The van der Waals surface area contributed by atoms with Crippen molar-refractivity contribution in [1.29, 1.82) is 0 Å². The lowest BCUT2D eigenvalue weighted by molar-refractivity contribution is -0.137. The molecule has 0 bridgehead atoms. The fourth-order valence-electron chi connectivity index (χ4n) is 2.08. The topological polar surface area (TPSA) is 48.0 Å². The first-order valence-electron chi connectivity index (χ1n) is 7.80. The summed E-state index contributed by atoms with van der Waals surface area (Å²) in [6.07, 6.45) is -2.74. The van der Waals surface area contributed by atoms with Gasteiger partial charge in [0.15, 0.2) is 0 Å². The normalized spacial score (nSPS) is 15.0. The molecular weight excluding hydrogens is 349 g/mol. The van der Waals surface area contributed by atoms with Gasteiger partial charge in [-0.05, 0) is 51.5 Å². The highest BCUT2D eigenvalue weighted by Crippen LogP contribution is 2.31. The van der Waals surface area contributed by atoms with E-state index in [1.165, 1.54) is 12.1 Å². The number of alkyl halides is 3. The van der Waals surface area contributed by atoms with Crippen LogP contribution in [0.4, 0.5) is 13.2 Å². The second-order valence-corrected chi connectivity index (χ2v) is 8.77. The maximum atomic E-state index is 12.6. The molecule has 2 atom stereocenters. The van der Waals surface area contributed by atoms with Crippen LogP contribution in [0.1, 0.15) is 45.0 Å². The van der Waals surface area contributed by atoms with Crippen LogP contribution in [-0.2, 0) is 17.5 Å². The number of hydrogen-bond donors (Lipinski definition) is 1. The molecule has 0 aliphatic rings. The molecule has 136 valence electrons. The smallest absolute Gasteiger partial charge is 0.416 e. The Morgan fingerprint density at radius 3 is 2.00 bits per heavy atom. The Morgan fingerprint density at radius 2 is 1.56 bits per heavy atom. The second-order valence-electron chi connectivity index (χ2n) is 6.77. The largest absolute Gasteiger partial charge is 0.598 e. The van der Waals surface area contributed by atoms with E-state index in [0.717, 1.165) is 17.7 Å². The van der Waals surface area contributed by atoms with E-state index >= 15 is 0 Å². The van der Waals surface area contributed by atoms with Gasteiger partial charge in [0, 0.05) is 23.1 Å². The maximum absolute atomic E-state index is 12.6. The van der Waals surface area contributed by atoms with E-state index in [0.29, 0.717) is 11.3 Å². The monoisotopic (exact) mass is 370 g/mol. The van der Waals surface area contributed by atoms with Crippen LogP contribution in [0.15, 0.2) is 42.6 Å². The minimum absolute atomic E-state index is 0.207. The third kappa shape index (κ3) is 5.20. The van der Waals surface area contributed by atoms with Crippen LogP contribution in [0.2, 0.25) is 0 Å². The Bertz CT molecular complexity index is 694. The molecule has 0 aliphatic heterocycles. The maximum Gasteiger partial charge on any atom is 0.416 e. The number of aromatic nitrogens is 1. The van der Waals surface area contributed by atoms with E-state index in [1.54, 1.807) is 18.3 Å². The lowest BCUT2D eigenvalue weighted by atomic mass is 10.0. The molecule has 1 aromatic heterocycles. The average molecular weight is 370 g/mol. The number of halogens is 3. The van der Waals surface area contributed by atoms with E-state index < -0.39 is 23.1 Å². The number of benzene rings is 1. The summed E-state index contributed by atoms with van der Waals surface area (Å²) in [6, 6.07) is 8.33. The van der Waals surface area contributed by atoms with E-state index in [-0.39, 0.29) is 10.8 Å². The fraction of sp³-hybridized carbons (Fsp3) is 0.389. The third-order valence-corrected chi connectivity index (χ3v) is 5.30. The molecule has 3 nitrogen and oxygen atoms in total. The molecular formula is C18H21F3N2OS. The van der Waals surface area contributed by atoms with Gasteiger partial charge in [0.05, 0.1) is 17.3 Å². The quantitative estimate of drug-likeness (QED) is 0.781. The Kier molecular flexibility index (Phi) is 5.81. The van der Waals surface area contributed by atoms with E-state index in [9.17, 15) is 17.7 Å². The van der Waals surface area contributed by atoms with Crippen LogP contribution in [0.3, 0.4) is 0 Å². The van der Waals surface area contributed by atoms with Crippen molar-refractivity contribution in [3.8, 4) is 11.1 Å². The van der Waals surface area contributed by atoms with Crippen LogP contribution in [0.5, 0.6) is 0 Å². The minimum Gasteiger partial charge on any atom is -0.598 e. The molecule has 0 saturated carbocycles. The molecule has 1 heterocycles. The van der Waals surface area contributed by atoms with Crippen LogP contribution in [0.25, 0.3) is 11.1 Å². The summed E-state index contributed by atoms with van der Waals surface area (Å²) < 4.78 is 52.6. The molecule has 1 aromatic carbocycles. The van der Waals surface area contributed by atoms with Crippen molar-refractivity contribution in [3.63, 3.8) is 0 Å². The van der Waals surface area contributed by atoms with Gasteiger partial charge in [-0.1, -0.05) is 18.2 Å². The first-order valence-corrected chi connectivity index (χ1v) is 8.95. The highest BCUT2D eigenvalue weighted by Gasteiger charge is 2.30. The Hall–Kier alpha value is -1.57. The van der Waals surface area contributed by atoms with Crippen molar-refractivity contribution in [2.75, 3.05) is 0 Å². The lowest BCUT2D eigenvalue weighted by Gasteiger charge is -2.26. The van der Waals surface area contributed by atoms with Crippen molar-refractivity contribution in [2.24, 2.45) is 0 Å². The first-order chi connectivity index (χ1) is 11.5. The third-order valence-electron chi connectivity index (χ3n) is 3.62. The highest BCUT2D eigenvalue weighted by atomic mass is 32.2. The molecule has 2 rings (SSSR count). The van der Waals surface area contributed by atoms with Crippen molar-refractivity contribution in [1.82, 2.24) is 9.71 Å². The fourth-order valence-corrected chi connectivity index (χ4v) is 2.88. The Balaban J connectivity index is 2.12. The molecule has 0 aliphatic carbocycles. The summed E-state index contributed by atoms with van der Waals surface area (Å²) in [5.41, 5.74) is 1.42. The number of nitrogens with zero attached hydrogens (tertiary/aromatic N) is 1. The predicted molar refractivity (Wildman–Crippen MR) is 94.1 cm³/mol. The molecule has 0 radical (unpaired) electrons. The highest BCUT2D eigenvalue weighted by molar-refractivity contribution is 7.90. The summed E-state index contributed by atoms with van der Waals surface area (Å²) in [4.78, 5) is 4.34. The molecule has 1 N–H and O–H groups in total. The van der Waals surface area contributed by atoms with Crippen LogP contribution >= 0.6 is 0 Å². The average Bonchev–Trinajstić information content (AvgIpc) is 2.53. The van der Waals surface area contributed by atoms with Gasteiger partial charge in [0.2, 0.25) is 0 Å². The number of hydrogen-bond acceptors (Lipinski definition) is 3. The van der Waals surface area contributed by atoms with Gasteiger partial charge < -0.3 is 4.55 Å². The summed E-state index contributed by atoms with van der Waals surface area (Å²) in [5.74, 6) is 0. The van der Waals surface area contributed by atoms with Crippen LogP contribution in [0, 0.1) is 0 Å². The molecule has 2 aromatic rings. The van der Waals surface area contributed by atoms with E-state index in [2.05, 4.69) is 9.71 Å². The summed E-state index contributed by atoms with van der Waals surface area (Å²) in [7, 11) is 0. The summed E-state index contributed by atoms with van der Waals surface area (Å²) in [6.45, 7) is 7.50. The minimum atomic E-state index is -4.34. The zero-order chi connectivity index (χ0) is 18.8. The first kappa shape index (κ1) is 19.8. The zero-order valence-electron chi connectivity index (χ0n) is 14.5. The Morgan fingerprint density at radius 1 is 1.00 bits per heavy atom. The van der Waals surface area contributed by atoms with E-state index in [1.807, 2.05) is 27.7 Å². The van der Waals surface area contributed by atoms with E-state index in [4.69, 9.17) is 0 Å². The van der Waals surface area contributed by atoms with Gasteiger partial charge in [0.25, 0.3) is 0 Å². The molecule has 0 fully saturated rings. The molecule has 25 heavy (non-hydrogen) atoms. The molecule has 0 amide bonds. The van der Waals surface area contributed by atoms with Crippen molar-refractivity contribution in [2.45, 2.75) is 44.7 Å². The van der Waals surface area contributed by atoms with Gasteiger partial charge in [0.1, 0.15) is 4.75 Å².